The molecule has 0 aliphatic carbocycles. The van der Waals surface area contributed by atoms with E-state index < -0.39 is 11.9 Å². The van der Waals surface area contributed by atoms with E-state index in [9.17, 15) is 14.4 Å². The number of carbonyl (C=O) groups excluding carboxylic acids is 3. The average molecular weight is 381 g/mol. The molecule has 2 amide bonds. The highest BCUT2D eigenvalue weighted by atomic mass is 32.1. The summed E-state index contributed by atoms with van der Waals surface area (Å²) in [7, 11) is 4.82. The van der Waals surface area contributed by atoms with Gasteiger partial charge in [-0.3, -0.25) is 14.4 Å². The number of nitrogens with one attached hydrogen (secondary N) is 2. The van der Waals surface area contributed by atoms with Crippen molar-refractivity contribution in [2.24, 2.45) is 0 Å². The van der Waals surface area contributed by atoms with Crippen LogP contribution in [0.4, 0.5) is 5.69 Å². The van der Waals surface area contributed by atoms with Gasteiger partial charge in [-0.2, -0.15) is 0 Å². The number of hydrogen-bond donors (Lipinski definition) is 2. The Hall–Kier alpha value is -2.52. The largest absolute Gasteiger partial charge is 0.463 e. The van der Waals surface area contributed by atoms with E-state index >= 15 is 0 Å². The number of thiocarbonyl (C=S) groups is 1. The predicted molar refractivity (Wildman–Crippen MR) is 101 cm³/mol. The van der Waals surface area contributed by atoms with Crippen molar-refractivity contribution in [1.29, 1.82) is 0 Å². The van der Waals surface area contributed by atoms with E-state index in [0.29, 0.717) is 17.9 Å². The second-order valence-corrected chi connectivity index (χ2v) is 5.90. The second kappa shape index (κ2) is 11.2. The molecule has 9 heteroatoms. The number of hydrogen-bond acceptors (Lipinski definition) is 6. The first-order valence-corrected chi connectivity index (χ1v) is 8.31. The normalized spacial score (nSPS) is 9.96. The van der Waals surface area contributed by atoms with Crippen LogP contribution in [0.1, 0.15) is 23.2 Å². The van der Waals surface area contributed by atoms with Crippen LogP contribution >= 0.6 is 12.2 Å². The molecule has 0 aromatic heterocycles. The third-order valence-corrected chi connectivity index (χ3v) is 3.34. The molecular formula is C17H23N3O5S. The summed E-state index contributed by atoms with van der Waals surface area (Å²) in [5.74, 6) is -1.03. The Bertz CT molecular complexity index is 664. The minimum absolute atomic E-state index is 0.0488. The van der Waals surface area contributed by atoms with Crippen molar-refractivity contribution in [3.05, 3.63) is 29.8 Å². The topological polar surface area (TPSA) is 97.0 Å². The van der Waals surface area contributed by atoms with Crippen molar-refractivity contribution in [3.63, 3.8) is 0 Å². The summed E-state index contributed by atoms with van der Waals surface area (Å²) in [5, 5.41) is 5.39. The summed E-state index contributed by atoms with van der Waals surface area (Å²) >= 11 is 5.07. The lowest BCUT2D eigenvalue weighted by Crippen LogP contribution is -2.34. The van der Waals surface area contributed by atoms with Crippen LogP contribution in [0.15, 0.2) is 24.3 Å². The first kappa shape index (κ1) is 21.5. The molecule has 1 aromatic rings. The number of anilines is 1. The standard InChI is InChI=1S/C17H23N3O5S/c1-20(2)16(23)12-5-4-6-13(11-12)18-17(26)19-14(21)7-8-15(22)25-10-9-24-3/h4-6,11H,7-10H2,1-3H3,(H2,18,19,21,26). The van der Waals surface area contributed by atoms with Crippen molar-refractivity contribution in [1.82, 2.24) is 10.2 Å². The number of amides is 2. The molecule has 8 nitrogen and oxygen atoms in total. The molecule has 0 spiro atoms. The van der Waals surface area contributed by atoms with Crippen molar-refractivity contribution < 1.29 is 23.9 Å². The van der Waals surface area contributed by atoms with E-state index in [4.69, 9.17) is 21.7 Å². The second-order valence-electron chi connectivity index (χ2n) is 5.50. The van der Waals surface area contributed by atoms with Gasteiger partial charge in [0.2, 0.25) is 5.91 Å². The Balaban J connectivity index is 2.44. The monoisotopic (exact) mass is 381 g/mol. The van der Waals surface area contributed by atoms with Gasteiger partial charge in [-0.1, -0.05) is 6.07 Å². The molecule has 0 heterocycles. The van der Waals surface area contributed by atoms with Gasteiger partial charge in [0.25, 0.3) is 5.91 Å². The molecule has 0 aliphatic heterocycles. The Morgan fingerprint density at radius 1 is 1.15 bits per heavy atom. The van der Waals surface area contributed by atoms with Gasteiger partial charge < -0.3 is 25.0 Å². The predicted octanol–water partition coefficient (Wildman–Crippen LogP) is 1.17. The van der Waals surface area contributed by atoms with E-state index in [2.05, 4.69) is 10.6 Å². The van der Waals surface area contributed by atoms with Crippen molar-refractivity contribution >= 4 is 40.8 Å². The van der Waals surface area contributed by atoms with Gasteiger partial charge in [-0.15, -0.1) is 0 Å². The van der Waals surface area contributed by atoms with Crippen LogP contribution in [0.25, 0.3) is 0 Å². The first-order valence-electron chi connectivity index (χ1n) is 7.90. The lowest BCUT2D eigenvalue weighted by atomic mass is 10.2. The number of esters is 1. The molecule has 0 atom stereocenters. The molecule has 0 radical (unpaired) electrons. The van der Waals surface area contributed by atoms with Gasteiger partial charge >= 0.3 is 5.97 Å². The number of carbonyl (C=O) groups is 3. The number of benzene rings is 1. The maximum atomic E-state index is 11.9. The van der Waals surface area contributed by atoms with Crippen molar-refractivity contribution in [3.8, 4) is 0 Å². The van der Waals surface area contributed by atoms with Crippen LogP contribution in [0.5, 0.6) is 0 Å². The third-order valence-electron chi connectivity index (χ3n) is 3.13. The molecule has 26 heavy (non-hydrogen) atoms. The molecule has 0 unspecified atom stereocenters. The number of methoxy groups -OCH3 is 1. The third kappa shape index (κ3) is 8.04. The molecule has 1 aromatic carbocycles. The maximum absolute atomic E-state index is 11.9. The van der Waals surface area contributed by atoms with Crippen LogP contribution in [0.3, 0.4) is 0 Å². The van der Waals surface area contributed by atoms with Crippen LogP contribution in [0, 0.1) is 0 Å². The van der Waals surface area contributed by atoms with Crippen LogP contribution in [-0.4, -0.2) is 62.2 Å². The molecule has 2 N–H and O–H groups in total. The molecule has 0 fully saturated rings. The summed E-state index contributed by atoms with van der Waals surface area (Å²) in [5.41, 5.74) is 1.06. The van der Waals surface area contributed by atoms with Crippen LogP contribution in [-0.2, 0) is 19.1 Å². The molecule has 1 rings (SSSR count). The fraction of sp³-hybridized carbons (Fsp3) is 0.412. The van der Waals surface area contributed by atoms with Gasteiger partial charge in [0.05, 0.1) is 13.0 Å². The number of ether oxygens (including phenoxy) is 2. The lowest BCUT2D eigenvalue weighted by molar-refractivity contribution is -0.146. The smallest absolute Gasteiger partial charge is 0.306 e. The minimum Gasteiger partial charge on any atom is -0.463 e. The van der Waals surface area contributed by atoms with Crippen molar-refractivity contribution in [2.45, 2.75) is 12.8 Å². The highest BCUT2D eigenvalue weighted by Crippen LogP contribution is 2.12. The maximum Gasteiger partial charge on any atom is 0.306 e. The van der Waals surface area contributed by atoms with E-state index in [-0.39, 0.29) is 30.5 Å². The first-order chi connectivity index (χ1) is 12.3. The quantitative estimate of drug-likeness (QED) is 0.396. The SMILES string of the molecule is COCCOC(=O)CCC(=O)NC(=S)Nc1cccc(C(=O)N(C)C)c1. The zero-order valence-electron chi connectivity index (χ0n) is 15.0. The Morgan fingerprint density at radius 2 is 1.88 bits per heavy atom. The van der Waals surface area contributed by atoms with Gasteiger partial charge in [0, 0.05) is 38.9 Å². The lowest BCUT2D eigenvalue weighted by Gasteiger charge is -2.13. The zero-order chi connectivity index (χ0) is 19.5. The zero-order valence-corrected chi connectivity index (χ0v) is 15.9. The van der Waals surface area contributed by atoms with E-state index in [1.165, 1.54) is 12.0 Å². The van der Waals surface area contributed by atoms with Gasteiger partial charge in [-0.05, 0) is 30.4 Å². The van der Waals surface area contributed by atoms with Crippen LogP contribution < -0.4 is 10.6 Å². The molecule has 142 valence electrons. The summed E-state index contributed by atoms with van der Waals surface area (Å²) < 4.78 is 9.62. The van der Waals surface area contributed by atoms with Gasteiger partial charge in [0.15, 0.2) is 5.11 Å². The average Bonchev–Trinajstić information content (AvgIpc) is 2.59. The van der Waals surface area contributed by atoms with Crippen LogP contribution in [0.2, 0.25) is 0 Å². The Morgan fingerprint density at radius 3 is 2.54 bits per heavy atom. The summed E-state index contributed by atoms with van der Waals surface area (Å²) in [6.07, 6.45) is -0.0994. The minimum atomic E-state index is -0.481. The molecule has 0 bridgehead atoms. The Labute approximate surface area is 157 Å². The Kier molecular flexibility index (Phi) is 9.24. The molecule has 0 aliphatic rings. The van der Waals surface area contributed by atoms with E-state index in [0.717, 1.165) is 0 Å². The highest BCUT2D eigenvalue weighted by Gasteiger charge is 2.11. The molecule has 0 saturated heterocycles. The fourth-order valence-corrected chi connectivity index (χ4v) is 2.10. The van der Waals surface area contributed by atoms with Crippen molar-refractivity contribution in [2.75, 3.05) is 39.7 Å². The highest BCUT2D eigenvalue weighted by molar-refractivity contribution is 7.80. The molecule has 0 saturated carbocycles. The summed E-state index contributed by atoms with van der Waals surface area (Å²) in [6, 6.07) is 6.75. The van der Waals surface area contributed by atoms with E-state index in [1.54, 1.807) is 38.4 Å². The number of nitrogens with zero attached hydrogens (tertiary/aromatic N) is 1. The van der Waals surface area contributed by atoms with Gasteiger partial charge in [0.1, 0.15) is 6.61 Å². The summed E-state index contributed by atoms with van der Waals surface area (Å²) in [6.45, 7) is 0.459. The molecular weight excluding hydrogens is 358 g/mol. The van der Waals surface area contributed by atoms with E-state index in [1.807, 2.05) is 0 Å². The number of rotatable bonds is 8. The van der Waals surface area contributed by atoms with Gasteiger partial charge in [-0.25, -0.2) is 0 Å². The summed E-state index contributed by atoms with van der Waals surface area (Å²) in [4.78, 5) is 36.6. The fourth-order valence-electron chi connectivity index (χ4n) is 1.87.